The van der Waals surface area contributed by atoms with Gasteiger partial charge in [0.25, 0.3) is 0 Å². The van der Waals surface area contributed by atoms with E-state index in [2.05, 4.69) is 6.92 Å². The predicted molar refractivity (Wildman–Crippen MR) is 75.5 cm³/mol. The van der Waals surface area contributed by atoms with Gasteiger partial charge >= 0.3 is 0 Å². The van der Waals surface area contributed by atoms with Crippen LogP contribution in [0.3, 0.4) is 0 Å². The van der Waals surface area contributed by atoms with E-state index in [4.69, 9.17) is 4.74 Å². The first-order chi connectivity index (χ1) is 9.26. The van der Waals surface area contributed by atoms with Gasteiger partial charge in [-0.1, -0.05) is 25.5 Å². The minimum Gasteiger partial charge on any atom is -0.490 e. The Morgan fingerprint density at radius 2 is 2.11 bits per heavy atom. The Morgan fingerprint density at radius 1 is 1.26 bits per heavy atom. The number of Topliss-reactive ketones (excluding diaryl/α,β-unsaturated/α-hetero) is 1. The van der Waals surface area contributed by atoms with Gasteiger partial charge in [0.15, 0.2) is 5.78 Å². The molecule has 2 saturated carbocycles. The van der Waals surface area contributed by atoms with Crippen LogP contribution in [-0.2, 0) is 0 Å². The van der Waals surface area contributed by atoms with Crippen LogP contribution < -0.4 is 4.74 Å². The largest absolute Gasteiger partial charge is 0.490 e. The number of carbonyl (C=O) groups excluding carboxylic acids is 1. The van der Waals surface area contributed by atoms with Crippen molar-refractivity contribution in [3.05, 3.63) is 29.8 Å². The minimum absolute atomic E-state index is 0.237. The Labute approximate surface area is 115 Å². The van der Waals surface area contributed by atoms with E-state index in [1.807, 2.05) is 24.3 Å². The molecular weight excluding hydrogens is 236 g/mol. The molecule has 2 aliphatic rings. The summed E-state index contributed by atoms with van der Waals surface area (Å²) in [6.45, 7) is 2.22. The van der Waals surface area contributed by atoms with Crippen LogP contribution in [0.5, 0.6) is 5.75 Å². The molecule has 19 heavy (non-hydrogen) atoms. The molecule has 2 heteroatoms. The Kier molecular flexibility index (Phi) is 3.58. The van der Waals surface area contributed by atoms with Crippen molar-refractivity contribution in [2.45, 2.75) is 51.6 Å². The zero-order valence-corrected chi connectivity index (χ0v) is 11.6. The maximum atomic E-state index is 12.5. The van der Waals surface area contributed by atoms with Gasteiger partial charge in [-0.25, -0.2) is 0 Å². The predicted octanol–water partition coefficient (Wildman–Crippen LogP) is 4.24. The number of hydrogen-bond acceptors (Lipinski definition) is 2. The number of ketones is 1. The van der Waals surface area contributed by atoms with Crippen LogP contribution in [0.25, 0.3) is 0 Å². The SMILES string of the molecule is CCC1CCC(C(=O)c2cccc(OC3CC3)c2)C1. The molecule has 0 aliphatic heterocycles. The molecular formula is C17H22O2. The number of ether oxygens (including phenoxy) is 1. The summed E-state index contributed by atoms with van der Waals surface area (Å²) < 4.78 is 5.77. The zero-order valence-electron chi connectivity index (χ0n) is 11.6. The average molecular weight is 258 g/mol. The summed E-state index contributed by atoms with van der Waals surface area (Å²) in [5.41, 5.74) is 0.833. The molecule has 1 aromatic carbocycles. The second-order valence-electron chi connectivity index (χ2n) is 5.99. The lowest BCUT2D eigenvalue weighted by Crippen LogP contribution is -2.12. The van der Waals surface area contributed by atoms with Gasteiger partial charge in [-0.2, -0.15) is 0 Å². The van der Waals surface area contributed by atoms with E-state index in [1.54, 1.807) is 0 Å². The normalized spacial score (nSPS) is 26.4. The molecule has 102 valence electrons. The second kappa shape index (κ2) is 5.36. The molecule has 0 aromatic heterocycles. The first-order valence-corrected chi connectivity index (χ1v) is 7.57. The molecule has 0 bridgehead atoms. The summed E-state index contributed by atoms with van der Waals surface area (Å²) in [5.74, 6) is 2.16. The third kappa shape index (κ3) is 2.99. The Balaban J connectivity index is 1.68. The number of rotatable bonds is 5. The van der Waals surface area contributed by atoms with Gasteiger partial charge in [-0.3, -0.25) is 4.79 Å². The lowest BCUT2D eigenvalue weighted by Gasteiger charge is -2.11. The fourth-order valence-corrected chi connectivity index (χ4v) is 3.02. The van der Waals surface area contributed by atoms with E-state index in [-0.39, 0.29) is 5.92 Å². The van der Waals surface area contributed by atoms with Crippen molar-refractivity contribution < 1.29 is 9.53 Å². The van der Waals surface area contributed by atoms with E-state index in [0.717, 1.165) is 42.9 Å². The summed E-state index contributed by atoms with van der Waals surface area (Å²) in [5, 5.41) is 0. The van der Waals surface area contributed by atoms with Crippen LogP contribution in [-0.4, -0.2) is 11.9 Å². The molecule has 0 N–H and O–H groups in total. The van der Waals surface area contributed by atoms with Crippen molar-refractivity contribution in [1.29, 1.82) is 0 Å². The van der Waals surface area contributed by atoms with Gasteiger partial charge in [-0.15, -0.1) is 0 Å². The van der Waals surface area contributed by atoms with Crippen molar-refractivity contribution in [3.63, 3.8) is 0 Å². The molecule has 2 unspecified atom stereocenters. The zero-order chi connectivity index (χ0) is 13.2. The number of carbonyl (C=O) groups is 1. The molecule has 3 rings (SSSR count). The van der Waals surface area contributed by atoms with Crippen LogP contribution in [0.1, 0.15) is 55.8 Å². The van der Waals surface area contributed by atoms with Gasteiger partial charge in [0, 0.05) is 11.5 Å². The van der Waals surface area contributed by atoms with Gasteiger partial charge < -0.3 is 4.74 Å². The van der Waals surface area contributed by atoms with Crippen molar-refractivity contribution in [2.75, 3.05) is 0 Å². The highest BCUT2D eigenvalue weighted by atomic mass is 16.5. The van der Waals surface area contributed by atoms with Gasteiger partial charge in [0.2, 0.25) is 0 Å². The summed E-state index contributed by atoms with van der Waals surface area (Å²) in [6.07, 6.45) is 7.24. The smallest absolute Gasteiger partial charge is 0.166 e. The molecule has 2 atom stereocenters. The molecule has 2 fully saturated rings. The first kappa shape index (κ1) is 12.7. The highest BCUT2D eigenvalue weighted by Gasteiger charge is 2.30. The Hall–Kier alpha value is -1.31. The summed E-state index contributed by atoms with van der Waals surface area (Å²) in [4.78, 5) is 12.5. The van der Waals surface area contributed by atoms with Crippen LogP contribution in [0, 0.1) is 11.8 Å². The van der Waals surface area contributed by atoms with Gasteiger partial charge in [0.05, 0.1) is 6.10 Å². The molecule has 2 nitrogen and oxygen atoms in total. The van der Waals surface area contributed by atoms with Gasteiger partial charge in [-0.05, 0) is 50.2 Å². The van der Waals surface area contributed by atoms with Crippen LogP contribution in [0.4, 0.5) is 0 Å². The lowest BCUT2D eigenvalue weighted by molar-refractivity contribution is 0.0919. The maximum absolute atomic E-state index is 12.5. The maximum Gasteiger partial charge on any atom is 0.166 e. The quantitative estimate of drug-likeness (QED) is 0.738. The summed E-state index contributed by atoms with van der Waals surface area (Å²) in [7, 11) is 0. The van der Waals surface area contributed by atoms with E-state index in [9.17, 15) is 4.79 Å². The number of hydrogen-bond donors (Lipinski definition) is 0. The highest BCUT2D eigenvalue weighted by molar-refractivity contribution is 5.98. The summed E-state index contributed by atoms with van der Waals surface area (Å²) in [6, 6.07) is 7.76. The standard InChI is InChI=1S/C17H22O2/c1-2-12-6-7-14(10-12)17(18)13-4-3-5-16(11-13)19-15-8-9-15/h3-5,11-12,14-15H,2,6-10H2,1H3. The van der Waals surface area contributed by atoms with Crippen molar-refractivity contribution in [3.8, 4) is 5.75 Å². The highest BCUT2D eigenvalue weighted by Crippen LogP contribution is 2.35. The summed E-state index contributed by atoms with van der Waals surface area (Å²) >= 11 is 0. The third-order valence-corrected chi connectivity index (χ3v) is 4.44. The van der Waals surface area contributed by atoms with E-state index in [0.29, 0.717) is 11.9 Å². The van der Waals surface area contributed by atoms with E-state index in [1.165, 1.54) is 12.8 Å². The Bertz CT molecular complexity index is 462. The first-order valence-electron chi connectivity index (χ1n) is 7.57. The van der Waals surface area contributed by atoms with Crippen LogP contribution in [0.15, 0.2) is 24.3 Å². The van der Waals surface area contributed by atoms with Gasteiger partial charge in [0.1, 0.15) is 5.75 Å². The van der Waals surface area contributed by atoms with Crippen LogP contribution in [0.2, 0.25) is 0 Å². The second-order valence-corrected chi connectivity index (χ2v) is 5.99. The lowest BCUT2D eigenvalue weighted by atomic mass is 9.94. The molecule has 0 amide bonds. The van der Waals surface area contributed by atoms with E-state index >= 15 is 0 Å². The monoisotopic (exact) mass is 258 g/mol. The van der Waals surface area contributed by atoms with Crippen molar-refractivity contribution in [2.24, 2.45) is 11.8 Å². The van der Waals surface area contributed by atoms with Crippen molar-refractivity contribution in [1.82, 2.24) is 0 Å². The molecule has 2 aliphatic carbocycles. The minimum atomic E-state index is 0.237. The molecule has 1 aromatic rings. The van der Waals surface area contributed by atoms with Crippen molar-refractivity contribution >= 4 is 5.78 Å². The molecule has 0 spiro atoms. The molecule has 0 saturated heterocycles. The fraction of sp³-hybridized carbons (Fsp3) is 0.588. The molecule has 0 radical (unpaired) electrons. The topological polar surface area (TPSA) is 26.3 Å². The van der Waals surface area contributed by atoms with Crippen LogP contribution >= 0.6 is 0 Å². The Morgan fingerprint density at radius 3 is 2.79 bits per heavy atom. The third-order valence-electron chi connectivity index (χ3n) is 4.44. The fourth-order valence-electron chi connectivity index (χ4n) is 3.02. The number of benzene rings is 1. The van der Waals surface area contributed by atoms with E-state index < -0.39 is 0 Å². The average Bonchev–Trinajstić information content (AvgIpc) is 3.11. The molecule has 0 heterocycles.